The minimum atomic E-state index is 0. The maximum Gasteiger partial charge on any atom is 0.191 e. The van der Waals surface area contributed by atoms with Crippen LogP contribution in [0.1, 0.15) is 11.4 Å². The van der Waals surface area contributed by atoms with Crippen molar-refractivity contribution < 1.29 is 4.74 Å². The Labute approximate surface area is 169 Å². The highest BCUT2D eigenvalue weighted by atomic mass is 127. The van der Waals surface area contributed by atoms with Gasteiger partial charge in [-0.15, -0.1) is 34.2 Å². The van der Waals surface area contributed by atoms with Crippen molar-refractivity contribution in [3.05, 3.63) is 60.0 Å². The second-order valence-corrected chi connectivity index (χ2v) is 5.51. The quantitative estimate of drug-likeness (QED) is 0.253. The largest absolute Gasteiger partial charge is 0.491 e. The number of benzene rings is 1. The molecule has 138 valence electrons. The number of aryl methyl sites for hydroxylation is 1. The summed E-state index contributed by atoms with van der Waals surface area (Å²) in [5.74, 6) is 2.43. The van der Waals surface area contributed by atoms with Gasteiger partial charge < -0.3 is 15.4 Å². The Morgan fingerprint density at radius 3 is 2.73 bits per heavy atom. The fourth-order valence-electron chi connectivity index (χ4n) is 2.44. The standard InChI is InChI=1S/C18H22N6O.HI/c1-14-7-3-4-8-15(14)25-12-10-20-18(19-2)21-13-17-23-22-16-9-5-6-11-24(16)17;/h3-9,11H,10,12-13H2,1-2H3,(H2,19,20,21);1H. The van der Waals surface area contributed by atoms with E-state index in [-0.39, 0.29) is 24.0 Å². The third-order valence-electron chi connectivity index (χ3n) is 3.77. The van der Waals surface area contributed by atoms with E-state index in [2.05, 4.69) is 25.8 Å². The van der Waals surface area contributed by atoms with Gasteiger partial charge in [0, 0.05) is 13.2 Å². The topological polar surface area (TPSA) is 75.8 Å². The Balaban J connectivity index is 0.00000243. The molecule has 0 amide bonds. The van der Waals surface area contributed by atoms with Crippen LogP contribution in [0.4, 0.5) is 0 Å². The first-order chi connectivity index (χ1) is 12.3. The molecule has 0 fully saturated rings. The molecule has 8 heteroatoms. The molecule has 1 aromatic carbocycles. The van der Waals surface area contributed by atoms with E-state index in [1.165, 1.54) is 0 Å². The van der Waals surface area contributed by atoms with Gasteiger partial charge in [0.05, 0.1) is 13.1 Å². The third-order valence-corrected chi connectivity index (χ3v) is 3.77. The third kappa shape index (κ3) is 5.07. The Morgan fingerprint density at radius 2 is 1.92 bits per heavy atom. The van der Waals surface area contributed by atoms with E-state index < -0.39 is 0 Å². The second kappa shape index (κ2) is 9.95. The summed E-state index contributed by atoms with van der Waals surface area (Å²) in [4.78, 5) is 4.21. The molecule has 3 rings (SSSR count). The van der Waals surface area contributed by atoms with Gasteiger partial charge in [-0.3, -0.25) is 9.39 Å². The van der Waals surface area contributed by atoms with Crippen LogP contribution >= 0.6 is 24.0 Å². The number of para-hydroxylation sites is 1. The maximum absolute atomic E-state index is 5.77. The molecular weight excluding hydrogens is 443 g/mol. The zero-order valence-corrected chi connectivity index (χ0v) is 17.2. The molecule has 2 aromatic heterocycles. The second-order valence-electron chi connectivity index (χ2n) is 5.51. The summed E-state index contributed by atoms with van der Waals surface area (Å²) in [5, 5.41) is 14.8. The van der Waals surface area contributed by atoms with Crippen LogP contribution in [0.5, 0.6) is 5.75 Å². The van der Waals surface area contributed by atoms with Gasteiger partial charge in [-0.05, 0) is 30.7 Å². The summed E-state index contributed by atoms with van der Waals surface area (Å²) < 4.78 is 7.71. The fourth-order valence-corrected chi connectivity index (χ4v) is 2.44. The van der Waals surface area contributed by atoms with E-state index in [0.29, 0.717) is 25.7 Å². The Hall–Kier alpha value is -2.36. The van der Waals surface area contributed by atoms with E-state index in [4.69, 9.17) is 4.74 Å². The predicted molar refractivity (Wildman–Crippen MR) is 113 cm³/mol. The molecule has 0 atom stereocenters. The van der Waals surface area contributed by atoms with Crippen LogP contribution in [0.15, 0.2) is 53.7 Å². The highest BCUT2D eigenvalue weighted by Crippen LogP contribution is 2.15. The van der Waals surface area contributed by atoms with Crippen molar-refractivity contribution >= 4 is 35.6 Å². The number of hydrogen-bond donors (Lipinski definition) is 2. The van der Waals surface area contributed by atoms with E-state index in [0.717, 1.165) is 22.8 Å². The van der Waals surface area contributed by atoms with Crippen molar-refractivity contribution in [1.29, 1.82) is 0 Å². The van der Waals surface area contributed by atoms with Crippen LogP contribution in [0.25, 0.3) is 5.65 Å². The normalized spacial score (nSPS) is 11.1. The zero-order valence-electron chi connectivity index (χ0n) is 14.8. The molecule has 0 radical (unpaired) electrons. The maximum atomic E-state index is 5.77. The highest BCUT2D eigenvalue weighted by molar-refractivity contribution is 14.0. The van der Waals surface area contributed by atoms with Crippen LogP contribution in [-0.4, -0.2) is 40.8 Å². The minimum Gasteiger partial charge on any atom is -0.491 e. The highest BCUT2D eigenvalue weighted by Gasteiger charge is 2.05. The van der Waals surface area contributed by atoms with Gasteiger partial charge in [0.15, 0.2) is 17.4 Å². The molecule has 7 nitrogen and oxygen atoms in total. The average Bonchev–Trinajstić information content (AvgIpc) is 3.06. The molecule has 0 aliphatic heterocycles. The van der Waals surface area contributed by atoms with Crippen molar-refractivity contribution in [2.24, 2.45) is 4.99 Å². The minimum absolute atomic E-state index is 0. The van der Waals surface area contributed by atoms with Gasteiger partial charge in [0.2, 0.25) is 0 Å². The smallest absolute Gasteiger partial charge is 0.191 e. The summed E-state index contributed by atoms with van der Waals surface area (Å²) in [6.07, 6.45) is 1.94. The molecule has 3 aromatic rings. The van der Waals surface area contributed by atoms with Gasteiger partial charge >= 0.3 is 0 Å². The lowest BCUT2D eigenvalue weighted by Gasteiger charge is -2.12. The predicted octanol–water partition coefficient (Wildman–Crippen LogP) is 2.40. The summed E-state index contributed by atoms with van der Waals surface area (Å²) in [7, 11) is 1.74. The first-order valence-electron chi connectivity index (χ1n) is 8.19. The lowest BCUT2D eigenvalue weighted by molar-refractivity contribution is 0.320. The number of fused-ring (bicyclic) bond motifs is 1. The Bertz CT molecular complexity index is 864. The number of rotatable bonds is 6. The monoisotopic (exact) mass is 466 g/mol. The number of hydrogen-bond acceptors (Lipinski definition) is 4. The summed E-state index contributed by atoms with van der Waals surface area (Å²) in [6.45, 7) is 3.77. The number of pyridine rings is 1. The molecule has 0 spiro atoms. The lowest BCUT2D eigenvalue weighted by Crippen LogP contribution is -2.39. The van der Waals surface area contributed by atoms with Gasteiger partial charge in [-0.25, -0.2) is 0 Å². The Morgan fingerprint density at radius 1 is 1.12 bits per heavy atom. The van der Waals surface area contributed by atoms with Crippen molar-refractivity contribution in [2.45, 2.75) is 13.5 Å². The molecule has 2 heterocycles. The van der Waals surface area contributed by atoms with Crippen LogP contribution in [-0.2, 0) is 6.54 Å². The first-order valence-corrected chi connectivity index (χ1v) is 8.19. The molecule has 0 unspecified atom stereocenters. The number of nitrogens with one attached hydrogen (secondary N) is 2. The average molecular weight is 466 g/mol. The number of aromatic nitrogens is 3. The van der Waals surface area contributed by atoms with Crippen molar-refractivity contribution in [3.63, 3.8) is 0 Å². The van der Waals surface area contributed by atoms with Crippen LogP contribution < -0.4 is 15.4 Å². The van der Waals surface area contributed by atoms with Gasteiger partial charge in [-0.1, -0.05) is 24.3 Å². The van der Waals surface area contributed by atoms with Crippen molar-refractivity contribution in [1.82, 2.24) is 25.2 Å². The zero-order chi connectivity index (χ0) is 17.5. The number of guanidine groups is 1. The first kappa shape index (κ1) is 20.0. The Kier molecular flexibility index (Phi) is 7.64. The van der Waals surface area contributed by atoms with E-state index in [9.17, 15) is 0 Å². The molecule has 2 N–H and O–H groups in total. The summed E-state index contributed by atoms with van der Waals surface area (Å²) in [5.41, 5.74) is 1.96. The van der Waals surface area contributed by atoms with Crippen LogP contribution in [0, 0.1) is 6.92 Å². The fraction of sp³-hybridized carbons (Fsp3) is 0.278. The van der Waals surface area contributed by atoms with Crippen molar-refractivity contribution in [3.8, 4) is 5.75 Å². The molecular formula is C18H23IN6O. The molecule has 0 bridgehead atoms. The van der Waals surface area contributed by atoms with Gasteiger partial charge in [-0.2, -0.15) is 0 Å². The number of halogens is 1. The summed E-state index contributed by atoms with van der Waals surface area (Å²) >= 11 is 0. The number of nitrogens with zero attached hydrogens (tertiary/aromatic N) is 4. The SMILES string of the molecule is CN=C(NCCOc1ccccc1C)NCc1nnc2ccccn12.I. The molecule has 0 saturated carbocycles. The molecule has 0 aliphatic carbocycles. The lowest BCUT2D eigenvalue weighted by atomic mass is 10.2. The van der Waals surface area contributed by atoms with Gasteiger partial charge in [0.25, 0.3) is 0 Å². The number of ether oxygens (including phenoxy) is 1. The molecule has 26 heavy (non-hydrogen) atoms. The van der Waals surface area contributed by atoms with Crippen LogP contribution in [0.2, 0.25) is 0 Å². The molecule has 0 saturated heterocycles. The van der Waals surface area contributed by atoms with Crippen LogP contribution in [0.3, 0.4) is 0 Å². The molecule has 0 aliphatic rings. The van der Waals surface area contributed by atoms with E-state index >= 15 is 0 Å². The van der Waals surface area contributed by atoms with Gasteiger partial charge in [0.1, 0.15) is 12.4 Å². The number of aliphatic imine (C=N–C) groups is 1. The van der Waals surface area contributed by atoms with E-state index in [1.54, 1.807) is 7.05 Å². The summed E-state index contributed by atoms with van der Waals surface area (Å²) in [6, 6.07) is 13.8. The van der Waals surface area contributed by atoms with E-state index in [1.807, 2.05) is 60.0 Å². The van der Waals surface area contributed by atoms with Crippen molar-refractivity contribution in [2.75, 3.05) is 20.2 Å².